The number of anilines is 2. The molecule has 0 bridgehead atoms. The van der Waals surface area contributed by atoms with Crippen LogP contribution in [0.15, 0.2) is 30.5 Å². The van der Waals surface area contributed by atoms with Crippen LogP contribution in [0.4, 0.5) is 11.6 Å². The highest BCUT2D eigenvalue weighted by molar-refractivity contribution is 7.96. The average Bonchev–Trinajstić information content (AvgIpc) is 3.32. The number of morpholine rings is 1. The van der Waals surface area contributed by atoms with E-state index < -0.39 is 0 Å². The van der Waals surface area contributed by atoms with Crippen LogP contribution >= 0.6 is 25.7 Å². The quantitative estimate of drug-likeness (QED) is 0.199. The second kappa shape index (κ2) is 13.7. The van der Waals surface area contributed by atoms with E-state index in [9.17, 15) is 0 Å². The van der Waals surface area contributed by atoms with Gasteiger partial charge in [0.25, 0.3) is 0 Å². The van der Waals surface area contributed by atoms with Crippen molar-refractivity contribution in [2.24, 2.45) is 0 Å². The first-order valence-electron chi connectivity index (χ1n) is 13.2. The van der Waals surface area contributed by atoms with E-state index in [4.69, 9.17) is 19.1 Å². The zero-order chi connectivity index (χ0) is 24.7. The number of ether oxygens (including phenoxy) is 1. The van der Waals surface area contributed by atoms with Gasteiger partial charge in [-0.25, -0.2) is 13.9 Å². The van der Waals surface area contributed by atoms with Gasteiger partial charge in [0.05, 0.1) is 24.6 Å². The fourth-order valence-electron chi connectivity index (χ4n) is 4.77. The van der Waals surface area contributed by atoms with Gasteiger partial charge in [0.1, 0.15) is 17.9 Å². The van der Waals surface area contributed by atoms with Crippen LogP contribution in [-0.4, -0.2) is 64.7 Å². The number of benzene rings is 1. The minimum atomic E-state index is 0. The van der Waals surface area contributed by atoms with Gasteiger partial charge in [0.2, 0.25) is 5.95 Å². The monoisotopic (exact) mass is 545 g/mol. The molecule has 0 radical (unpaired) electrons. The summed E-state index contributed by atoms with van der Waals surface area (Å²) >= 11 is 1.33. The summed E-state index contributed by atoms with van der Waals surface area (Å²) in [7, 11) is 2.01. The average molecular weight is 546 g/mol. The van der Waals surface area contributed by atoms with Crippen LogP contribution in [0.25, 0.3) is 22.3 Å². The van der Waals surface area contributed by atoms with E-state index in [1.54, 1.807) is 0 Å². The normalized spacial score (nSPS) is 17.0. The molecule has 3 heterocycles. The number of hydrogen-bond acceptors (Lipinski definition) is 9. The summed E-state index contributed by atoms with van der Waals surface area (Å²) in [6.07, 6.45) is 10.3. The molecule has 1 aliphatic carbocycles. The third kappa shape index (κ3) is 6.88. The van der Waals surface area contributed by atoms with Crippen molar-refractivity contribution in [1.29, 1.82) is 0 Å². The van der Waals surface area contributed by atoms with Gasteiger partial charge in [0.15, 0.2) is 5.65 Å². The first-order chi connectivity index (χ1) is 17.7. The van der Waals surface area contributed by atoms with E-state index in [0.717, 1.165) is 73.3 Å². The number of aromatic nitrogens is 4. The molecule has 1 saturated heterocycles. The Labute approximate surface area is 231 Å². The van der Waals surface area contributed by atoms with Crippen molar-refractivity contribution in [3.8, 4) is 11.3 Å². The molecule has 9 nitrogen and oxygen atoms in total. The van der Waals surface area contributed by atoms with Crippen LogP contribution < -0.4 is 9.62 Å². The molecule has 1 aliphatic heterocycles. The number of fused-ring (bicyclic) bond motifs is 1. The summed E-state index contributed by atoms with van der Waals surface area (Å²) in [6.45, 7) is 6.06. The Bertz CT molecular complexity index is 1120. The van der Waals surface area contributed by atoms with Crippen molar-refractivity contribution >= 4 is 48.4 Å². The van der Waals surface area contributed by atoms with Gasteiger partial charge in [-0.1, -0.05) is 44.7 Å². The molecule has 11 heteroatoms. The lowest BCUT2D eigenvalue weighted by Gasteiger charge is -2.26. The molecule has 3 aromatic rings. The zero-order valence-corrected chi connectivity index (χ0v) is 23.7. The maximum Gasteiger partial charge on any atom is 0.224 e. The van der Waals surface area contributed by atoms with Crippen LogP contribution in [0.2, 0.25) is 0 Å². The predicted octanol–water partition coefficient (Wildman–Crippen LogP) is 5.59. The van der Waals surface area contributed by atoms with Crippen molar-refractivity contribution in [2.75, 3.05) is 49.5 Å². The molecule has 1 N–H and O–H groups in total. The topological polar surface area (TPSA) is 80.6 Å². The molecule has 1 saturated carbocycles. The molecule has 202 valence electrons. The number of nitrogens with zero attached hydrogens (tertiary/aromatic N) is 6. The first kappa shape index (κ1) is 28.0. The van der Waals surface area contributed by atoms with E-state index in [1.807, 2.05) is 22.6 Å². The van der Waals surface area contributed by atoms with Gasteiger partial charge < -0.3 is 10.1 Å². The molecule has 0 atom stereocenters. The summed E-state index contributed by atoms with van der Waals surface area (Å²) in [6, 6.07) is 8.87. The van der Waals surface area contributed by atoms with Crippen molar-refractivity contribution in [2.45, 2.75) is 57.9 Å². The van der Waals surface area contributed by atoms with Crippen LogP contribution in [0.1, 0.15) is 57.9 Å². The van der Waals surface area contributed by atoms with Gasteiger partial charge in [-0.15, -0.1) is 0 Å². The molecule has 5 rings (SSSR count). The summed E-state index contributed by atoms with van der Waals surface area (Å²) in [5.74, 6) is 0.689. The lowest BCUT2D eigenvalue weighted by molar-refractivity contribution is -0.105. The SMILES string of the molecule is CCCCNc1ncc2c(-c3ccc(N(C)SON4CCOCC4)cc3)nn(C3CCCCC3)c2n1.S. The van der Waals surface area contributed by atoms with Crippen molar-refractivity contribution in [3.05, 3.63) is 30.5 Å². The molecule has 1 aromatic carbocycles. The largest absolute Gasteiger partial charge is 0.379 e. The Morgan fingerprint density at radius 3 is 2.62 bits per heavy atom. The lowest BCUT2D eigenvalue weighted by atomic mass is 9.96. The third-order valence-electron chi connectivity index (χ3n) is 6.91. The highest BCUT2D eigenvalue weighted by atomic mass is 32.2. The van der Waals surface area contributed by atoms with Gasteiger partial charge in [-0.05, 0) is 31.4 Å². The number of hydroxylamine groups is 2. The maximum atomic E-state index is 5.85. The Hall–Kier alpha value is -2.05. The Morgan fingerprint density at radius 2 is 1.89 bits per heavy atom. The minimum Gasteiger partial charge on any atom is -0.379 e. The van der Waals surface area contributed by atoms with Crippen molar-refractivity contribution in [1.82, 2.24) is 24.8 Å². The Kier molecular flexibility index (Phi) is 10.3. The van der Waals surface area contributed by atoms with Gasteiger partial charge in [-0.3, -0.25) is 4.31 Å². The molecule has 2 aliphatic rings. The predicted molar refractivity (Wildman–Crippen MR) is 156 cm³/mol. The van der Waals surface area contributed by atoms with Crippen molar-refractivity contribution < 1.29 is 9.02 Å². The summed E-state index contributed by atoms with van der Waals surface area (Å²) in [5.41, 5.74) is 4.01. The van der Waals surface area contributed by atoms with Crippen LogP contribution in [-0.2, 0) is 9.02 Å². The number of hydrogen-bond donors (Lipinski definition) is 1. The highest BCUT2D eigenvalue weighted by Crippen LogP contribution is 2.35. The van der Waals surface area contributed by atoms with Crippen LogP contribution in [0.3, 0.4) is 0 Å². The maximum absolute atomic E-state index is 5.85. The lowest BCUT2D eigenvalue weighted by Crippen LogP contribution is -2.35. The van der Waals surface area contributed by atoms with E-state index in [1.165, 1.54) is 31.5 Å². The fraction of sp³-hybridized carbons (Fsp3) is 0.577. The molecular weight excluding hydrogens is 506 g/mol. The van der Waals surface area contributed by atoms with E-state index in [2.05, 4.69) is 46.2 Å². The zero-order valence-electron chi connectivity index (χ0n) is 21.9. The second-order valence-corrected chi connectivity index (χ2v) is 10.4. The second-order valence-electron chi connectivity index (χ2n) is 9.53. The molecule has 2 fully saturated rings. The van der Waals surface area contributed by atoms with E-state index >= 15 is 0 Å². The molecule has 0 amide bonds. The van der Waals surface area contributed by atoms with Crippen molar-refractivity contribution in [3.63, 3.8) is 0 Å². The van der Waals surface area contributed by atoms with Gasteiger partial charge >= 0.3 is 0 Å². The number of rotatable bonds is 10. The molecule has 37 heavy (non-hydrogen) atoms. The number of unbranched alkanes of at least 4 members (excludes halogenated alkanes) is 1. The van der Waals surface area contributed by atoms with Crippen LogP contribution in [0.5, 0.6) is 0 Å². The highest BCUT2D eigenvalue weighted by Gasteiger charge is 2.23. The Morgan fingerprint density at radius 1 is 1.14 bits per heavy atom. The smallest absolute Gasteiger partial charge is 0.224 e. The summed E-state index contributed by atoms with van der Waals surface area (Å²) in [4.78, 5) is 9.54. The summed E-state index contributed by atoms with van der Waals surface area (Å²) < 4.78 is 15.4. The summed E-state index contributed by atoms with van der Waals surface area (Å²) in [5, 5.41) is 11.4. The van der Waals surface area contributed by atoms with Gasteiger partial charge in [-0.2, -0.15) is 28.6 Å². The Balaban J connectivity index is 0.00000320. The van der Waals surface area contributed by atoms with E-state index in [0.29, 0.717) is 25.2 Å². The van der Waals surface area contributed by atoms with E-state index in [-0.39, 0.29) is 13.5 Å². The van der Waals surface area contributed by atoms with Crippen LogP contribution in [0, 0.1) is 0 Å². The molecule has 2 aromatic heterocycles. The molecule has 0 unspecified atom stereocenters. The number of nitrogens with one attached hydrogen (secondary N) is 1. The molecular formula is C26H39N7O2S2. The fourth-order valence-corrected chi connectivity index (χ4v) is 5.32. The minimum absolute atomic E-state index is 0. The first-order valence-corrected chi connectivity index (χ1v) is 13.9. The standard InChI is InChI=1S/C26H37N7O2S.H2S/c1-3-4-14-27-26-28-19-23-24(30-33(25(23)29-26)22-8-6-5-7-9-22)20-10-12-21(13-11-20)31(2)36-35-32-15-17-34-18-16-32;/h10-13,19,22H,3-9,14-18H2,1-2H3,(H,27,28,29);1H2. The molecule has 0 spiro atoms. The van der Waals surface area contributed by atoms with Gasteiger partial charge in [0, 0.05) is 44.1 Å². The third-order valence-corrected chi connectivity index (χ3v) is 7.62.